The van der Waals surface area contributed by atoms with Gasteiger partial charge in [0.15, 0.2) is 0 Å². The van der Waals surface area contributed by atoms with Crippen molar-refractivity contribution < 1.29 is 9.53 Å². The molecule has 3 aromatic rings. The largest absolute Gasteiger partial charge is 0.476 e. The molecule has 6 nitrogen and oxygen atoms in total. The number of nitrogens with zero attached hydrogens (tertiary/aromatic N) is 3. The summed E-state index contributed by atoms with van der Waals surface area (Å²) in [7, 11) is 1.88. The number of hydrogen-bond acceptors (Lipinski definition) is 5. The van der Waals surface area contributed by atoms with Gasteiger partial charge in [-0.1, -0.05) is 0 Å². The Labute approximate surface area is 131 Å². The first-order valence-electron chi connectivity index (χ1n) is 6.92. The second-order valence-corrected chi connectivity index (χ2v) is 5.81. The highest BCUT2D eigenvalue weighted by atomic mass is 32.1. The van der Waals surface area contributed by atoms with Gasteiger partial charge in [-0.25, -0.2) is 4.98 Å². The molecule has 0 saturated carbocycles. The van der Waals surface area contributed by atoms with E-state index in [4.69, 9.17) is 4.74 Å². The van der Waals surface area contributed by atoms with Gasteiger partial charge in [0.2, 0.25) is 5.88 Å². The van der Waals surface area contributed by atoms with Gasteiger partial charge in [-0.3, -0.25) is 9.48 Å². The van der Waals surface area contributed by atoms with Gasteiger partial charge in [0, 0.05) is 18.6 Å². The fourth-order valence-electron chi connectivity index (χ4n) is 2.24. The van der Waals surface area contributed by atoms with Crippen LogP contribution in [0.1, 0.15) is 22.3 Å². The van der Waals surface area contributed by atoms with Gasteiger partial charge in [0.1, 0.15) is 10.5 Å². The minimum atomic E-state index is -0.172. The summed E-state index contributed by atoms with van der Waals surface area (Å²) in [5, 5.41) is 8.20. The molecular formula is C15H16N4O2S. The van der Waals surface area contributed by atoms with Crippen molar-refractivity contribution in [2.45, 2.75) is 13.8 Å². The maximum Gasteiger partial charge on any atom is 0.265 e. The topological polar surface area (TPSA) is 69.0 Å². The highest BCUT2D eigenvalue weighted by Gasteiger charge is 2.16. The molecule has 0 aromatic carbocycles. The molecule has 3 aromatic heterocycles. The molecule has 1 amide bonds. The summed E-state index contributed by atoms with van der Waals surface area (Å²) in [5.74, 6) is 0.256. The molecule has 0 aliphatic rings. The van der Waals surface area contributed by atoms with Crippen molar-refractivity contribution >= 4 is 33.1 Å². The number of pyridine rings is 1. The quantitative estimate of drug-likeness (QED) is 0.803. The number of ether oxygens (including phenoxy) is 1. The van der Waals surface area contributed by atoms with E-state index in [1.807, 2.05) is 27.0 Å². The third kappa shape index (κ3) is 2.55. The number of rotatable bonds is 4. The monoisotopic (exact) mass is 316 g/mol. The van der Waals surface area contributed by atoms with Gasteiger partial charge < -0.3 is 10.1 Å². The zero-order valence-corrected chi connectivity index (χ0v) is 13.4. The number of anilines is 1. The minimum Gasteiger partial charge on any atom is -0.476 e. The molecule has 0 radical (unpaired) electrons. The van der Waals surface area contributed by atoms with Crippen LogP contribution < -0.4 is 10.1 Å². The summed E-state index contributed by atoms with van der Waals surface area (Å²) >= 11 is 1.42. The third-order valence-electron chi connectivity index (χ3n) is 3.22. The summed E-state index contributed by atoms with van der Waals surface area (Å²) in [4.78, 5) is 18.2. The molecule has 3 heterocycles. The lowest BCUT2D eigenvalue weighted by Gasteiger charge is -2.09. The molecule has 0 aliphatic heterocycles. The van der Waals surface area contributed by atoms with Crippen molar-refractivity contribution in [2.24, 2.45) is 7.05 Å². The zero-order chi connectivity index (χ0) is 15.7. The van der Waals surface area contributed by atoms with E-state index in [0.29, 0.717) is 23.1 Å². The van der Waals surface area contributed by atoms with Crippen LogP contribution in [0.25, 0.3) is 10.2 Å². The number of thiophene rings is 1. The zero-order valence-electron chi connectivity index (χ0n) is 12.6. The normalized spacial score (nSPS) is 10.9. The molecule has 0 bridgehead atoms. The smallest absolute Gasteiger partial charge is 0.265 e. The second kappa shape index (κ2) is 5.76. The molecule has 3 rings (SSSR count). The fraction of sp³-hybridized carbons (Fsp3) is 0.267. The van der Waals surface area contributed by atoms with Gasteiger partial charge in [-0.2, -0.15) is 5.10 Å². The lowest BCUT2D eigenvalue weighted by Crippen LogP contribution is -2.12. The minimum absolute atomic E-state index is 0.172. The van der Waals surface area contributed by atoms with Crippen LogP contribution in [0.15, 0.2) is 24.4 Å². The Morgan fingerprint density at radius 1 is 1.50 bits per heavy atom. The molecule has 114 valence electrons. The second-order valence-electron chi connectivity index (χ2n) is 4.78. The number of hydrogen-bond donors (Lipinski definition) is 1. The molecule has 0 aliphatic carbocycles. The Hall–Kier alpha value is -2.41. The van der Waals surface area contributed by atoms with Gasteiger partial charge in [-0.15, -0.1) is 11.3 Å². The molecule has 0 saturated heterocycles. The van der Waals surface area contributed by atoms with Crippen molar-refractivity contribution in [2.75, 3.05) is 11.9 Å². The van der Waals surface area contributed by atoms with Crippen molar-refractivity contribution in [1.82, 2.24) is 14.8 Å². The lowest BCUT2D eigenvalue weighted by molar-refractivity contribution is 0.103. The van der Waals surface area contributed by atoms with Crippen LogP contribution in [0.4, 0.5) is 5.69 Å². The molecule has 1 N–H and O–H groups in total. The van der Waals surface area contributed by atoms with E-state index in [1.54, 1.807) is 23.0 Å². The Morgan fingerprint density at radius 3 is 3.05 bits per heavy atom. The van der Waals surface area contributed by atoms with E-state index in [2.05, 4.69) is 15.4 Å². The SMILES string of the molecule is CCOc1ncccc1NC(=O)c1cc2c(C)nn(C)c2s1. The molecule has 0 fully saturated rings. The van der Waals surface area contributed by atoms with E-state index < -0.39 is 0 Å². The Bertz CT molecular complexity index is 803. The first-order valence-corrected chi connectivity index (χ1v) is 7.74. The maximum atomic E-state index is 12.4. The summed E-state index contributed by atoms with van der Waals surface area (Å²) in [6.07, 6.45) is 1.63. The van der Waals surface area contributed by atoms with Crippen LogP contribution in [-0.2, 0) is 7.05 Å². The van der Waals surface area contributed by atoms with Crippen molar-refractivity contribution in [1.29, 1.82) is 0 Å². The highest BCUT2D eigenvalue weighted by Crippen LogP contribution is 2.29. The molecule has 0 spiro atoms. The number of aryl methyl sites for hydroxylation is 2. The summed E-state index contributed by atoms with van der Waals surface area (Å²) in [6.45, 7) is 4.31. The Kier molecular flexibility index (Phi) is 3.81. The van der Waals surface area contributed by atoms with Crippen LogP contribution >= 0.6 is 11.3 Å². The number of carbonyl (C=O) groups excluding carboxylic acids is 1. The molecule has 0 atom stereocenters. The summed E-state index contributed by atoms with van der Waals surface area (Å²) in [5.41, 5.74) is 1.49. The predicted molar refractivity (Wildman–Crippen MR) is 86.7 cm³/mol. The van der Waals surface area contributed by atoms with Gasteiger partial charge in [0.05, 0.1) is 17.2 Å². The van der Waals surface area contributed by atoms with Crippen molar-refractivity contribution in [3.05, 3.63) is 35.0 Å². The number of amides is 1. The standard InChI is InChI=1S/C15H16N4O2S/c1-4-21-14-11(6-5-7-16-14)17-13(20)12-8-10-9(2)18-19(3)15(10)22-12/h5-8H,4H2,1-3H3,(H,17,20). The van der Waals surface area contributed by atoms with Crippen LogP contribution in [0, 0.1) is 6.92 Å². The van der Waals surface area contributed by atoms with Crippen LogP contribution in [0.2, 0.25) is 0 Å². The highest BCUT2D eigenvalue weighted by molar-refractivity contribution is 7.20. The Balaban J connectivity index is 1.89. The van der Waals surface area contributed by atoms with E-state index in [0.717, 1.165) is 15.9 Å². The van der Waals surface area contributed by atoms with Crippen LogP contribution in [0.3, 0.4) is 0 Å². The molecule has 22 heavy (non-hydrogen) atoms. The van der Waals surface area contributed by atoms with Crippen LogP contribution in [0.5, 0.6) is 5.88 Å². The van der Waals surface area contributed by atoms with E-state index in [9.17, 15) is 4.79 Å². The number of nitrogens with one attached hydrogen (secondary N) is 1. The molecular weight excluding hydrogens is 300 g/mol. The summed E-state index contributed by atoms with van der Waals surface area (Å²) in [6, 6.07) is 5.40. The predicted octanol–water partition coefficient (Wildman–Crippen LogP) is 2.99. The average molecular weight is 316 g/mol. The summed E-state index contributed by atoms with van der Waals surface area (Å²) < 4.78 is 7.21. The number of fused-ring (bicyclic) bond motifs is 1. The van der Waals surface area contributed by atoms with Gasteiger partial charge >= 0.3 is 0 Å². The van der Waals surface area contributed by atoms with Gasteiger partial charge in [-0.05, 0) is 32.0 Å². The molecule has 7 heteroatoms. The average Bonchev–Trinajstić information content (AvgIpc) is 3.04. The number of aromatic nitrogens is 3. The fourth-order valence-corrected chi connectivity index (χ4v) is 3.26. The third-order valence-corrected chi connectivity index (χ3v) is 4.42. The number of carbonyl (C=O) groups is 1. The van der Waals surface area contributed by atoms with E-state index in [-0.39, 0.29) is 5.91 Å². The first kappa shape index (κ1) is 14.5. The molecule has 0 unspecified atom stereocenters. The van der Waals surface area contributed by atoms with E-state index in [1.165, 1.54) is 11.3 Å². The maximum absolute atomic E-state index is 12.4. The first-order chi connectivity index (χ1) is 10.6. The van der Waals surface area contributed by atoms with Crippen LogP contribution in [-0.4, -0.2) is 27.3 Å². The Morgan fingerprint density at radius 2 is 2.32 bits per heavy atom. The van der Waals surface area contributed by atoms with E-state index >= 15 is 0 Å². The lowest BCUT2D eigenvalue weighted by atomic mass is 10.3. The van der Waals surface area contributed by atoms with Crippen molar-refractivity contribution in [3.8, 4) is 5.88 Å². The van der Waals surface area contributed by atoms with Crippen molar-refractivity contribution in [3.63, 3.8) is 0 Å². The van der Waals surface area contributed by atoms with Gasteiger partial charge in [0.25, 0.3) is 5.91 Å².